The van der Waals surface area contributed by atoms with Gasteiger partial charge < -0.3 is 4.90 Å². The van der Waals surface area contributed by atoms with Gasteiger partial charge in [-0.3, -0.25) is 14.8 Å². The quantitative estimate of drug-likeness (QED) is 0.871. The second-order valence-electron chi connectivity index (χ2n) is 5.04. The second-order valence-corrected chi connectivity index (χ2v) is 6.07. The van der Waals surface area contributed by atoms with Gasteiger partial charge in [-0.15, -0.1) is 11.3 Å². The molecule has 0 N–H and O–H groups in total. The lowest BCUT2D eigenvalue weighted by Crippen LogP contribution is -2.38. The van der Waals surface area contributed by atoms with Crippen LogP contribution >= 0.6 is 11.3 Å². The van der Waals surface area contributed by atoms with E-state index in [0.717, 1.165) is 36.5 Å². The fraction of sp³-hybridized carbons (Fsp3) is 0.400. The van der Waals surface area contributed by atoms with Crippen LogP contribution in [0.25, 0.3) is 0 Å². The first-order valence-corrected chi connectivity index (χ1v) is 7.77. The summed E-state index contributed by atoms with van der Waals surface area (Å²) in [5, 5.41) is 2.02. The number of carbonyl (C=O) groups excluding carboxylic acids is 1. The van der Waals surface area contributed by atoms with E-state index in [1.165, 1.54) is 0 Å². The minimum atomic E-state index is 0.241. The molecule has 104 valence electrons. The summed E-state index contributed by atoms with van der Waals surface area (Å²) in [6, 6.07) is 4.02. The molecule has 0 unspecified atom stereocenters. The molecule has 0 saturated carbocycles. The molecular formula is C15H17N3OS. The maximum Gasteiger partial charge on any atom is 0.227 e. The molecule has 4 nitrogen and oxygen atoms in total. The van der Waals surface area contributed by atoms with Crippen LogP contribution < -0.4 is 0 Å². The van der Waals surface area contributed by atoms with Crippen molar-refractivity contribution in [3.63, 3.8) is 0 Å². The Balaban J connectivity index is 1.54. The number of hydrogen-bond acceptors (Lipinski definition) is 4. The highest BCUT2D eigenvalue weighted by Gasteiger charge is 2.24. The molecular weight excluding hydrogens is 270 g/mol. The van der Waals surface area contributed by atoms with E-state index in [1.54, 1.807) is 23.7 Å². The molecule has 0 spiro atoms. The first-order valence-electron chi connectivity index (χ1n) is 6.89. The SMILES string of the molecule is O=C(Cc1cccs1)N1CCC(c2cnccn2)CC1. The third-order valence-electron chi connectivity index (χ3n) is 3.75. The van der Waals surface area contributed by atoms with E-state index in [4.69, 9.17) is 0 Å². The molecule has 0 bridgehead atoms. The van der Waals surface area contributed by atoms with Gasteiger partial charge in [0.2, 0.25) is 5.91 Å². The zero-order chi connectivity index (χ0) is 13.8. The Morgan fingerprint density at radius 1 is 1.35 bits per heavy atom. The fourth-order valence-electron chi connectivity index (χ4n) is 2.62. The summed E-state index contributed by atoms with van der Waals surface area (Å²) >= 11 is 1.65. The van der Waals surface area contributed by atoms with E-state index in [0.29, 0.717) is 12.3 Å². The number of likely N-dealkylation sites (tertiary alicyclic amines) is 1. The Hall–Kier alpha value is -1.75. The van der Waals surface area contributed by atoms with Gasteiger partial charge in [0.1, 0.15) is 0 Å². The molecule has 0 atom stereocenters. The molecule has 0 aromatic carbocycles. The number of carbonyl (C=O) groups is 1. The van der Waals surface area contributed by atoms with Gasteiger partial charge in [-0.2, -0.15) is 0 Å². The summed E-state index contributed by atoms with van der Waals surface area (Å²) in [6.07, 6.45) is 7.78. The molecule has 1 aliphatic rings. The topological polar surface area (TPSA) is 46.1 Å². The molecule has 1 amide bonds. The van der Waals surface area contributed by atoms with Crippen molar-refractivity contribution in [2.45, 2.75) is 25.2 Å². The summed E-state index contributed by atoms with van der Waals surface area (Å²) in [6.45, 7) is 1.65. The minimum Gasteiger partial charge on any atom is -0.342 e. The van der Waals surface area contributed by atoms with Crippen molar-refractivity contribution in [3.05, 3.63) is 46.7 Å². The summed E-state index contributed by atoms with van der Waals surface area (Å²) < 4.78 is 0. The van der Waals surface area contributed by atoms with E-state index in [1.807, 2.05) is 28.6 Å². The summed E-state index contributed by atoms with van der Waals surface area (Å²) in [5.41, 5.74) is 1.05. The molecule has 2 aromatic rings. The highest BCUT2D eigenvalue weighted by Crippen LogP contribution is 2.26. The van der Waals surface area contributed by atoms with Crippen LogP contribution in [-0.4, -0.2) is 33.9 Å². The van der Waals surface area contributed by atoms with Crippen LogP contribution in [0.4, 0.5) is 0 Å². The van der Waals surface area contributed by atoms with Crippen LogP contribution in [0.2, 0.25) is 0 Å². The van der Waals surface area contributed by atoms with Crippen molar-refractivity contribution in [3.8, 4) is 0 Å². The maximum absolute atomic E-state index is 12.2. The molecule has 1 fully saturated rings. The van der Waals surface area contributed by atoms with E-state index in [-0.39, 0.29) is 5.91 Å². The molecule has 3 heterocycles. The Labute approximate surface area is 122 Å². The standard InChI is InChI=1S/C15H17N3OS/c19-15(10-13-2-1-9-20-13)18-7-3-12(4-8-18)14-11-16-5-6-17-14/h1-2,5-6,9,11-12H,3-4,7-8,10H2. The van der Waals surface area contributed by atoms with Crippen molar-refractivity contribution >= 4 is 17.2 Å². The monoisotopic (exact) mass is 287 g/mol. The van der Waals surface area contributed by atoms with Crippen molar-refractivity contribution in [1.82, 2.24) is 14.9 Å². The predicted octanol–water partition coefficient (Wildman–Crippen LogP) is 2.49. The lowest BCUT2D eigenvalue weighted by Gasteiger charge is -2.31. The van der Waals surface area contributed by atoms with Gasteiger partial charge in [-0.25, -0.2) is 0 Å². The van der Waals surface area contributed by atoms with Crippen LogP contribution in [0.3, 0.4) is 0 Å². The average molecular weight is 287 g/mol. The number of thiophene rings is 1. The maximum atomic E-state index is 12.2. The van der Waals surface area contributed by atoms with Crippen molar-refractivity contribution in [1.29, 1.82) is 0 Å². The van der Waals surface area contributed by atoms with Gasteiger partial charge in [0, 0.05) is 42.5 Å². The number of rotatable bonds is 3. The van der Waals surface area contributed by atoms with Crippen molar-refractivity contribution in [2.24, 2.45) is 0 Å². The third-order valence-corrected chi connectivity index (χ3v) is 4.63. The zero-order valence-corrected chi connectivity index (χ0v) is 12.1. The molecule has 2 aromatic heterocycles. The van der Waals surface area contributed by atoms with Crippen LogP contribution in [-0.2, 0) is 11.2 Å². The van der Waals surface area contributed by atoms with Crippen LogP contribution in [0.15, 0.2) is 36.1 Å². The summed E-state index contributed by atoms with van der Waals surface area (Å²) in [7, 11) is 0. The number of amides is 1. The Bertz CT molecular complexity index is 548. The van der Waals surface area contributed by atoms with Gasteiger partial charge in [0.15, 0.2) is 0 Å². The lowest BCUT2D eigenvalue weighted by atomic mass is 9.93. The van der Waals surface area contributed by atoms with Crippen molar-refractivity contribution < 1.29 is 4.79 Å². The predicted molar refractivity (Wildman–Crippen MR) is 78.6 cm³/mol. The smallest absolute Gasteiger partial charge is 0.227 e. The summed E-state index contributed by atoms with van der Waals surface area (Å²) in [4.78, 5) is 23.8. The second kappa shape index (κ2) is 6.13. The highest BCUT2D eigenvalue weighted by molar-refractivity contribution is 7.10. The number of hydrogen-bond donors (Lipinski definition) is 0. The van der Waals surface area contributed by atoms with Crippen molar-refractivity contribution in [2.75, 3.05) is 13.1 Å². The van der Waals surface area contributed by atoms with E-state index in [9.17, 15) is 4.79 Å². The highest BCUT2D eigenvalue weighted by atomic mass is 32.1. The first-order chi connectivity index (χ1) is 9.83. The van der Waals surface area contributed by atoms with Gasteiger partial charge in [0.25, 0.3) is 0 Å². The molecule has 1 aliphatic heterocycles. The zero-order valence-electron chi connectivity index (χ0n) is 11.2. The Kier molecular flexibility index (Phi) is 4.06. The van der Waals surface area contributed by atoms with E-state index in [2.05, 4.69) is 9.97 Å². The van der Waals surface area contributed by atoms with Gasteiger partial charge >= 0.3 is 0 Å². The number of nitrogens with zero attached hydrogens (tertiary/aromatic N) is 3. The first kappa shape index (κ1) is 13.2. The molecule has 20 heavy (non-hydrogen) atoms. The normalized spacial score (nSPS) is 16.3. The fourth-order valence-corrected chi connectivity index (χ4v) is 3.32. The third kappa shape index (κ3) is 3.04. The number of aromatic nitrogens is 2. The molecule has 1 saturated heterocycles. The number of piperidine rings is 1. The molecule has 0 aliphatic carbocycles. The van der Waals surface area contributed by atoms with Crippen LogP contribution in [0.1, 0.15) is 29.3 Å². The summed E-state index contributed by atoms with van der Waals surface area (Å²) in [5.74, 6) is 0.680. The van der Waals surface area contributed by atoms with E-state index < -0.39 is 0 Å². The Morgan fingerprint density at radius 3 is 2.85 bits per heavy atom. The van der Waals surface area contributed by atoms with Gasteiger partial charge in [0.05, 0.1) is 12.1 Å². The van der Waals surface area contributed by atoms with Gasteiger partial charge in [-0.05, 0) is 24.3 Å². The minimum absolute atomic E-state index is 0.241. The van der Waals surface area contributed by atoms with Crippen LogP contribution in [0.5, 0.6) is 0 Å². The average Bonchev–Trinajstić information content (AvgIpc) is 3.01. The van der Waals surface area contributed by atoms with E-state index >= 15 is 0 Å². The largest absolute Gasteiger partial charge is 0.342 e. The molecule has 5 heteroatoms. The van der Waals surface area contributed by atoms with Crippen LogP contribution in [0, 0.1) is 0 Å². The van der Waals surface area contributed by atoms with Gasteiger partial charge in [-0.1, -0.05) is 6.07 Å². The Morgan fingerprint density at radius 2 is 2.20 bits per heavy atom. The lowest BCUT2D eigenvalue weighted by molar-refractivity contribution is -0.131. The molecule has 3 rings (SSSR count). The molecule has 0 radical (unpaired) electrons.